The Morgan fingerprint density at radius 1 is 1.53 bits per heavy atom. The molecule has 78 valence electrons. The van der Waals surface area contributed by atoms with Crippen LogP contribution < -0.4 is 5.32 Å². The predicted molar refractivity (Wildman–Crippen MR) is 54.1 cm³/mol. The van der Waals surface area contributed by atoms with E-state index in [1.165, 1.54) is 0 Å². The number of hydrogen-bond donors (Lipinski definition) is 1. The van der Waals surface area contributed by atoms with Crippen molar-refractivity contribution < 1.29 is 4.79 Å². The van der Waals surface area contributed by atoms with E-state index < -0.39 is 0 Å². The van der Waals surface area contributed by atoms with E-state index >= 15 is 0 Å². The van der Waals surface area contributed by atoms with Crippen molar-refractivity contribution in [3.05, 3.63) is 24.0 Å². The molecule has 0 saturated carbocycles. The molecule has 0 radical (unpaired) electrons. The first-order valence-electron chi connectivity index (χ1n) is 4.89. The second kappa shape index (κ2) is 4.05. The van der Waals surface area contributed by atoms with Crippen LogP contribution in [0.25, 0.3) is 0 Å². The molecule has 2 amide bonds. The Morgan fingerprint density at radius 2 is 2.40 bits per heavy atom. The minimum atomic E-state index is -0.0133. The van der Waals surface area contributed by atoms with Gasteiger partial charge in [0.25, 0.3) is 0 Å². The van der Waals surface area contributed by atoms with Gasteiger partial charge in [-0.25, -0.2) is 4.79 Å². The molecule has 1 fully saturated rings. The first-order valence-corrected chi connectivity index (χ1v) is 4.89. The normalized spacial score (nSPS) is 15.1. The number of urea groups is 1. The highest BCUT2D eigenvalue weighted by Crippen LogP contribution is 2.02. The van der Waals surface area contributed by atoms with Gasteiger partial charge in [0.15, 0.2) is 0 Å². The van der Waals surface area contributed by atoms with Gasteiger partial charge in [0.2, 0.25) is 0 Å². The largest absolute Gasteiger partial charge is 0.338 e. The fraction of sp³-hybridized carbons (Fsp3) is 0.400. The van der Waals surface area contributed by atoms with Crippen LogP contribution in [0.1, 0.15) is 5.69 Å². The first kappa shape index (κ1) is 9.59. The van der Waals surface area contributed by atoms with Gasteiger partial charge in [-0.05, 0) is 12.1 Å². The number of amides is 2. The average molecular weight is 204 g/mol. The Kier molecular flexibility index (Phi) is 2.59. The lowest BCUT2D eigenvalue weighted by atomic mass is 10.4. The molecule has 1 saturated heterocycles. The van der Waals surface area contributed by atoms with Crippen LogP contribution in [0.2, 0.25) is 0 Å². The van der Waals surface area contributed by atoms with Gasteiger partial charge in [-0.2, -0.15) is 5.26 Å². The maximum atomic E-state index is 11.2. The van der Waals surface area contributed by atoms with E-state index in [0.29, 0.717) is 18.8 Å². The third-order valence-electron chi connectivity index (χ3n) is 2.50. The number of hydrogen-bond acceptors (Lipinski definition) is 2. The highest BCUT2D eigenvalue weighted by atomic mass is 16.2. The Hall–Kier alpha value is -1.96. The summed E-state index contributed by atoms with van der Waals surface area (Å²) in [7, 11) is 0. The van der Waals surface area contributed by atoms with Crippen LogP contribution in [0.3, 0.4) is 0 Å². The van der Waals surface area contributed by atoms with E-state index in [1.807, 2.05) is 16.8 Å². The van der Waals surface area contributed by atoms with Crippen molar-refractivity contribution in [1.82, 2.24) is 14.8 Å². The van der Waals surface area contributed by atoms with Crippen LogP contribution in [0.4, 0.5) is 4.79 Å². The number of carbonyl (C=O) groups is 1. The van der Waals surface area contributed by atoms with Crippen LogP contribution >= 0.6 is 0 Å². The standard InChI is InChI=1S/C10H12N4O/c11-8-9-2-1-4-13(9)6-7-14-5-3-12-10(14)15/h1-2,4H,3,5-7H2,(H,12,15). The summed E-state index contributed by atoms with van der Waals surface area (Å²) in [6, 6.07) is 5.70. The summed E-state index contributed by atoms with van der Waals surface area (Å²) in [6.45, 7) is 2.79. The van der Waals surface area contributed by atoms with Crippen LogP contribution in [-0.4, -0.2) is 35.1 Å². The van der Waals surface area contributed by atoms with Crippen molar-refractivity contribution >= 4 is 6.03 Å². The van der Waals surface area contributed by atoms with E-state index in [0.717, 1.165) is 13.1 Å². The van der Waals surface area contributed by atoms with Crippen molar-refractivity contribution in [2.24, 2.45) is 0 Å². The lowest BCUT2D eigenvalue weighted by molar-refractivity contribution is 0.215. The van der Waals surface area contributed by atoms with Gasteiger partial charge in [0.05, 0.1) is 0 Å². The van der Waals surface area contributed by atoms with Gasteiger partial charge in [-0.15, -0.1) is 0 Å². The number of nitrogens with zero attached hydrogens (tertiary/aromatic N) is 3. The molecule has 5 heteroatoms. The quantitative estimate of drug-likeness (QED) is 0.774. The minimum Gasteiger partial charge on any atom is -0.338 e. The van der Waals surface area contributed by atoms with Gasteiger partial charge >= 0.3 is 6.03 Å². The molecule has 1 aromatic rings. The summed E-state index contributed by atoms with van der Waals surface area (Å²) in [4.78, 5) is 13.0. The average Bonchev–Trinajstić information content (AvgIpc) is 2.83. The summed E-state index contributed by atoms with van der Waals surface area (Å²) >= 11 is 0. The van der Waals surface area contributed by atoms with E-state index in [-0.39, 0.29) is 6.03 Å². The Balaban J connectivity index is 1.93. The van der Waals surface area contributed by atoms with E-state index in [2.05, 4.69) is 11.4 Å². The van der Waals surface area contributed by atoms with Crippen LogP contribution in [0.5, 0.6) is 0 Å². The third-order valence-corrected chi connectivity index (χ3v) is 2.50. The van der Waals surface area contributed by atoms with Crippen molar-refractivity contribution in [1.29, 1.82) is 5.26 Å². The van der Waals surface area contributed by atoms with Gasteiger partial charge in [0, 0.05) is 32.4 Å². The summed E-state index contributed by atoms with van der Waals surface area (Å²) in [5.74, 6) is 0. The molecule has 2 rings (SSSR count). The number of aromatic nitrogens is 1. The summed E-state index contributed by atoms with van der Waals surface area (Å²) in [5.41, 5.74) is 0.634. The molecule has 0 unspecified atom stereocenters. The topological polar surface area (TPSA) is 61.1 Å². The van der Waals surface area contributed by atoms with Crippen molar-refractivity contribution in [3.63, 3.8) is 0 Å². The van der Waals surface area contributed by atoms with E-state index in [9.17, 15) is 4.79 Å². The Bertz CT molecular complexity index is 404. The Labute approximate surface area is 87.9 Å². The summed E-state index contributed by atoms with van der Waals surface area (Å²) < 4.78 is 1.85. The molecule has 1 N–H and O–H groups in total. The van der Waals surface area contributed by atoms with Gasteiger partial charge in [-0.3, -0.25) is 0 Å². The third kappa shape index (κ3) is 1.94. The number of nitrogens with one attached hydrogen (secondary N) is 1. The fourth-order valence-electron chi connectivity index (χ4n) is 1.66. The zero-order chi connectivity index (χ0) is 10.7. The number of rotatable bonds is 3. The zero-order valence-electron chi connectivity index (χ0n) is 8.31. The lowest BCUT2D eigenvalue weighted by Gasteiger charge is -2.14. The van der Waals surface area contributed by atoms with Gasteiger partial charge in [0.1, 0.15) is 11.8 Å². The summed E-state index contributed by atoms with van der Waals surface area (Å²) in [6.07, 6.45) is 1.85. The zero-order valence-corrected chi connectivity index (χ0v) is 8.31. The molecular formula is C10H12N4O. The van der Waals surface area contributed by atoms with Gasteiger partial charge in [-0.1, -0.05) is 0 Å². The van der Waals surface area contributed by atoms with Crippen molar-refractivity contribution in [2.45, 2.75) is 6.54 Å². The lowest BCUT2D eigenvalue weighted by Crippen LogP contribution is -2.31. The minimum absolute atomic E-state index is 0.0133. The molecule has 1 aliphatic rings. The molecule has 5 nitrogen and oxygen atoms in total. The van der Waals surface area contributed by atoms with Gasteiger partial charge < -0.3 is 14.8 Å². The van der Waals surface area contributed by atoms with Crippen LogP contribution in [-0.2, 0) is 6.54 Å². The highest BCUT2D eigenvalue weighted by molar-refractivity contribution is 5.76. The highest BCUT2D eigenvalue weighted by Gasteiger charge is 2.18. The Morgan fingerprint density at radius 3 is 3.07 bits per heavy atom. The first-order chi connectivity index (χ1) is 7.31. The smallest absolute Gasteiger partial charge is 0.317 e. The molecule has 15 heavy (non-hydrogen) atoms. The monoisotopic (exact) mass is 204 g/mol. The van der Waals surface area contributed by atoms with Crippen molar-refractivity contribution in [3.8, 4) is 6.07 Å². The van der Waals surface area contributed by atoms with Crippen molar-refractivity contribution in [2.75, 3.05) is 19.6 Å². The molecule has 1 aliphatic heterocycles. The maximum absolute atomic E-state index is 11.2. The van der Waals surface area contributed by atoms with E-state index in [4.69, 9.17) is 5.26 Å². The van der Waals surface area contributed by atoms with Crippen LogP contribution in [0, 0.1) is 11.3 Å². The SMILES string of the molecule is N#Cc1cccn1CCN1CCNC1=O. The number of nitriles is 1. The molecule has 0 aromatic carbocycles. The molecule has 0 spiro atoms. The molecular weight excluding hydrogens is 192 g/mol. The molecule has 0 atom stereocenters. The fourth-order valence-corrected chi connectivity index (χ4v) is 1.66. The van der Waals surface area contributed by atoms with Crippen LogP contribution in [0.15, 0.2) is 18.3 Å². The molecule has 1 aromatic heterocycles. The summed E-state index contributed by atoms with van der Waals surface area (Å²) in [5, 5.41) is 11.5. The maximum Gasteiger partial charge on any atom is 0.317 e. The molecule has 2 heterocycles. The second-order valence-corrected chi connectivity index (χ2v) is 3.42. The number of carbonyl (C=O) groups excluding carboxylic acids is 1. The molecule has 0 bridgehead atoms. The predicted octanol–water partition coefficient (Wildman–Crippen LogP) is 0.385. The van der Waals surface area contributed by atoms with E-state index in [1.54, 1.807) is 11.0 Å². The molecule has 0 aliphatic carbocycles. The second-order valence-electron chi connectivity index (χ2n) is 3.42.